The van der Waals surface area contributed by atoms with Gasteiger partial charge in [-0.05, 0) is 44.7 Å². The third-order valence-electron chi connectivity index (χ3n) is 5.68. The number of aromatic nitrogens is 3. The van der Waals surface area contributed by atoms with Crippen LogP contribution in [-0.4, -0.2) is 35.2 Å². The summed E-state index contributed by atoms with van der Waals surface area (Å²) in [4.78, 5) is 7.77. The van der Waals surface area contributed by atoms with Gasteiger partial charge in [0, 0.05) is 11.4 Å². The number of nitrogens with zero attached hydrogens (tertiary/aromatic N) is 4. The third-order valence-corrected chi connectivity index (χ3v) is 7.18. The van der Waals surface area contributed by atoms with E-state index >= 15 is 0 Å². The van der Waals surface area contributed by atoms with Crippen LogP contribution in [0.3, 0.4) is 0 Å². The second-order valence-corrected chi connectivity index (χ2v) is 9.65. The van der Waals surface area contributed by atoms with E-state index in [-0.39, 0.29) is 11.9 Å². The summed E-state index contributed by atoms with van der Waals surface area (Å²) >= 11 is 0. The SMILES string of the molecule is Cc1ccc2c(C#N)c(-c3ncc(S(=O)(=O)N[C@H](C)C(F)(F)F)cn3)n(C3CCC3)c2c1. The monoisotopic (exact) mass is 463 g/mol. The van der Waals surface area contributed by atoms with Crippen molar-refractivity contribution in [3.63, 3.8) is 0 Å². The molecule has 0 radical (unpaired) electrons. The summed E-state index contributed by atoms with van der Waals surface area (Å²) in [6, 6.07) is 5.87. The Kier molecular flexibility index (Phi) is 5.46. The van der Waals surface area contributed by atoms with E-state index in [2.05, 4.69) is 16.0 Å². The Morgan fingerprint density at radius 1 is 1.25 bits per heavy atom. The van der Waals surface area contributed by atoms with Gasteiger partial charge in [0.1, 0.15) is 22.7 Å². The minimum absolute atomic E-state index is 0.144. The smallest absolute Gasteiger partial charge is 0.334 e. The van der Waals surface area contributed by atoms with Crippen LogP contribution in [0.4, 0.5) is 13.2 Å². The van der Waals surface area contributed by atoms with Gasteiger partial charge < -0.3 is 4.57 Å². The number of aryl methyl sites for hydroxylation is 1. The first-order chi connectivity index (χ1) is 15.0. The minimum Gasteiger partial charge on any atom is -0.334 e. The quantitative estimate of drug-likeness (QED) is 0.610. The fourth-order valence-corrected chi connectivity index (χ4v) is 4.84. The number of halogens is 3. The topological polar surface area (TPSA) is 101 Å². The van der Waals surface area contributed by atoms with Crippen molar-refractivity contribution in [2.45, 2.75) is 56.3 Å². The van der Waals surface area contributed by atoms with Crippen molar-refractivity contribution in [2.24, 2.45) is 0 Å². The second kappa shape index (κ2) is 7.86. The molecule has 1 fully saturated rings. The number of benzene rings is 1. The Labute approximate surface area is 183 Å². The van der Waals surface area contributed by atoms with Gasteiger partial charge in [-0.25, -0.2) is 18.4 Å². The van der Waals surface area contributed by atoms with Gasteiger partial charge in [-0.15, -0.1) is 0 Å². The highest BCUT2D eigenvalue weighted by Crippen LogP contribution is 2.41. The predicted octanol–water partition coefficient (Wildman–Crippen LogP) is 4.23. The zero-order valence-corrected chi connectivity index (χ0v) is 18.1. The molecule has 2 aromatic heterocycles. The van der Waals surface area contributed by atoms with Crippen LogP contribution in [0.2, 0.25) is 0 Å². The average molecular weight is 463 g/mol. The zero-order chi connectivity index (χ0) is 23.3. The Morgan fingerprint density at radius 3 is 2.44 bits per heavy atom. The summed E-state index contributed by atoms with van der Waals surface area (Å²) < 4.78 is 66.5. The van der Waals surface area contributed by atoms with Gasteiger partial charge >= 0.3 is 6.18 Å². The van der Waals surface area contributed by atoms with Gasteiger partial charge in [-0.3, -0.25) is 0 Å². The fraction of sp³-hybridized carbons (Fsp3) is 0.381. The van der Waals surface area contributed by atoms with E-state index in [4.69, 9.17) is 0 Å². The lowest BCUT2D eigenvalue weighted by atomic mass is 9.92. The van der Waals surface area contributed by atoms with Crippen molar-refractivity contribution in [3.8, 4) is 17.6 Å². The highest BCUT2D eigenvalue weighted by molar-refractivity contribution is 7.89. The van der Waals surface area contributed by atoms with E-state index in [1.165, 1.54) is 0 Å². The van der Waals surface area contributed by atoms with Crippen LogP contribution in [-0.2, 0) is 10.0 Å². The molecule has 3 aromatic rings. The van der Waals surface area contributed by atoms with Crippen molar-refractivity contribution in [2.75, 3.05) is 0 Å². The van der Waals surface area contributed by atoms with Crippen LogP contribution in [0.25, 0.3) is 22.4 Å². The third kappa shape index (κ3) is 3.84. The van der Waals surface area contributed by atoms with Crippen LogP contribution < -0.4 is 4.72 Å². The molecule has 1 aliphatic carbocycles. The molecule has 0 aliphatic heterocycles. The van der Waals surface area contributed by atoms with Crippen molar-refractivity contribution >= 4 is 20.9 Å². The number of nitrogens with one attached hydrogen (secondary N) is 1. The highest BCUT2D eigenvalue weighted by atomic mass is 32.2. The summed E-state index contributed by atoms with van der Waals surface area (Å²) in [7, 11) is -4.47. The van der Waals surface area contributed by atoms with E-state index in [0.29, 0.717) is 18.2 Å². The molecule has 0 bridgehead atoms. The Morgan fingerprint density at radius 2 is 1.91 bits per heavy atom. The lowest BCUT2D eigenvalue weighted by molar-refractivity contribution is -0.147. The molecular formula is C21H20F3N5O2S. The first-order valence-electron chi connectivity index (χ1n) is 9.99. The first kappa shape index (κ1) is 22.2. The standard InChI is InChI=1S/C21H20F3N5O2S/c1-12-6-7-16-17(9-25)19(29(18(16)8-12)14-4-3-5-14)20-26-10-15(11-27-20)32(30,31)28-13(2)21(22,23)24/h6-8,10-11,13-14,28H,3-5H2,1-2H3/t13-/m1/s1. The largest absolute Gasteiger partial charge is 0.404 e. The molecule has 0 unspecified atom stereocenters. The highest BCUT2D eigenvalue weighted by Gasteiger charge is 2.39. The van der Waals surface area contributed by atoms with Crippen LogP contribution in [0.15, 0.2) is 35.5 Å². The number of alkyl halides is 3. The van der Waals surface area contributed by atoms with Crippen molar-refractivity contribution in [3.05, 3.63) is 41.7 Å². The van der Waals surface area contributed by atoms with Crippen molar-refractivity contribution in [1.29, 1.82) is 5.26 Å². The van der Waals surface area contributed by atoms with E-state index in [9.17, 15) is 26.9 Å². The molecule has 1 aliphatic rings. The zero-order valence-electron chi connectivity index (χ0n) is 17.3. The summed E-state index contributed by atoms with van der Waals surface area (Å²) in [5, 5.41) is 10.6. The van der Waals surface area contributed by atoms with E-state index < -0.39 is 27.1 Å². The van der Waals surface area contributed by atoms with Gasteiger partial charge in [-0.2, -0.15) is 23.2 Å². The van der Waals surface area contributed by atoms with Gasteiger partial charge in [0.15, 0.2) is 5.82 Å². The van der Waals surface area contributed by atoms with Gasteiger partial charge in [0.25, 0.3) is 0 Å². The molecular weight excluding hydrogens is 443 g/mol. The maximum atomic E-state index is 12.8. The lowest BCUT2D eigenvalue weighted by Crippen LogP contribution is -2.43. The Bertz CT molecular complexity index is 1320. The molecule has 11 heteroatoms. The van der Waals surface area contributed by atoms with Crippen LogP contribution in [0.5, 0.6) is 0 Å². The maximum Gasteiger partial charge on any atom is 0.404 e. The van der Waals surface area contributed by atoms with Gasteiger partial charge in [-0.1, -0.05) is 12.1 Å². The lowest BCUT2D eigenvalue weighted by Gasteiger charge is -2.29. The molecule has 32 heavy (non-hydrogen) atoms. The fourth-order valence-electron chi connectivity index (χ4n) is 3.72. The molecule has 0 saturated heterocycles. The average Bonchev–Trinajstić information content (AvgIpc) is 2.99. The second-order valence-electron chi connectivity index (χ2n) is 7.94. The molecule has 1 N–H and O–H groups in total. The summed E-state index contributed by atoms with van der Waals surface area (Å²) in [5.74, 6) is 0.144. The van der Waals surface area contributed by atoms with Crippen molar-refractivity contribution in [1.82, 2.24) is 19.3 Å². The minimum atomic E-state index is -4.72. The number of hydrogen-bond acceptors (Lipinski definition) is 5. The molecule has 7 nitrogen and oxygen atoms in total. The summed E-state index contributed by atoms with van der Waals surface area (Å²) in [6.07, 6.45) is 0.116. The van der Waals surface area contributed by atoms with Gasteiger partial charge in [0.05, 0.1) is 23.5 Å². The molecule has 2 heterocycles. The molecule has 168 valence electrons. The normalized spacial score (nSPS) is 16.0. The van der Waals surface area contributed by atoms with E-state index in [1.807, 2.05) is 29.7 Å². The molecule has 0 amide bonds. The number of rotatable bonds is 5. The number of fused-ring (bicyclic) bond motifs is 1. The Balaban J connectivity index is 1.80. The van der Waals surface area contributed by atoms with E-state index in [0.717, 1.165) is 48.1 Å². The number of sulfonamides is 1. The number of hydrogen-bond donors (Lipinski definition) is 1. The molecule has 1 atom stereocenters. The molecule has 0 spiro atoms. The van der Waals surface area contributed by atoms with Gasteiger partial charge in [0.2, 0.25) is 10.0 Å². The molecule has 4 rings (SSSR count). The van der Waals surface area contributed by atoms with E-state index in [1.54, 1.807) is 4.72 Å². The van der Waals surface area contributed by atoms with Crippen LogP contribution in [0.1, 0.15) is 43.4 Å². The summed E-state index contributed by atoms with van der Waals surface area (Å²) in [5.41, 5.74) is 2.77. The maximum absolute atomic E-state index is 12.8. The number of nitriles is 1. The summed E-state index contributed by atoms with van der Waals surface area (Å²) in [6.45, 7) is 2.67. The van der Waals surface area contributed by atoms with Crippen LogP contribution >= 0.6 is 0 Å². The van der Waals surface area contributed by atoms with Crippen LogP contribution in [0, 0.1) is 18.3 Å². The molecule has 1 saturated carbocycles. The Hall–Kier alpha value is -2.97. The predicted molar refractivity (Wildman–Crippen MR) is 111 cm³/mol. The first-order valence-corrected chi connectivity index (χ1v) is 11.5. The molecule has 1 aromatic carbocycles. The van der Waals surface area contributed by atoms with Crippen molar-refractivity contribution < 1.29 is 21.6 Å².